The van der Waals surface area contributed by atoms with Gasteiger partial charge in [-0.25, -0.2) is 4.39 Å². The lowest BCUT2D eigenvalue weighted by molar-refractivity contribution is -0.0299. The van der Waals surface area contributed by atoms with Gasteiger partial charge in [0, 0.05) is 12.1 Å². The summed E-state index contributed by atoms with van der Waals surface area (Å²) in [6, 6.07) is 6.53. The van der Waals surface area contributed by atoms with E-state index >= 15 is 0 Å². The van der Waals surface area contributed by atoms with Crippen molar-refractivity contribution in [3.8, 4) is 0 Å². The summed E-state index contributed by atoms with van der Waals surface area (Å²) in [5, 5.41) is 3.49. The van der Waals surface area contributed by atoms with Crippen molar-refractivity contribution in [2.75, 3.05) is 13.2 Å². The average molecular weight is 223 g/mol. The molecule has 0 bridgehead atoms. The molecule has 1 aliphatic heterocycles. The van der Waals surface area contributed by atoms with E-state index in [2.05, 4.69) is 19.2 Å². The summed E-state index contributed by atoms with van der Waals surface area (Å²) < 4.78 is 18.6. The fourth-order valence-electron chi connectivity index (χ4n) is 1.85. The van der Waals surface area contributed by atoms with E-state index in [1.807, 2.05) is 0 Å². The van der Waals surface area contributed by atoms with Crippen LogP contribution in [0.1, 0.15) is 31.9 Å². The second-order valence-electron chi connectivity index (χ2n) is 4.65. The van der Waals surface area contributed by atoms with Gasteiger partial charge >= 0.3 is 0 Å². The van der Waals surface area contributed by atoms with E-state index in [1.54, 1.807) is 12.1 Å². The van der Waals surface area contributed by atoms with Crippen molar-refractivity contribution in [1.82, 2.24) is 5.32 Å². The summed E-state index contributed by atoms with van der Waals surface area (Å²) in [5.74, 6) is -0.203. The van der Waals surface area contributed by atoms with Crippen LogP contribution in [0.5, 0.6) is 0 Å². The van der Waals surface area contributed by atoms with Crippen molar-refractivity contribution in [1.29, 1.82) is 0 Å². The van der Waals surface area contributed by atoms with Gasteiger partial charge in [0.1, 0.15) is 5.82 Å². The van der Waals surface area contributed by atoms with E-state index in [9.17, 15) is 4.39 Å². The minimum Gasteiger partial charge on any atom is -0.370 e. The Kier molecular flexibility index (Phi) is 3.26. The monoisotopic (exact) mass is 223 g/mol. The van der Waals surface area contributed by atoms with Crippen molar-refractivity contribution in [2.45, 2.75) is 31.9 Å². The zero-order valence-corrected chi connectivity index (χ0v) is 9.79. The smallest absolute Gasteiger partial charge is 0.123 e. The first-order chi connectivity index (χ1) is 7.63. The lowest BCUT2D eigenvalue weighted by Gasteiger charge is -2.38. The number of hydrogen-bond donors (Lipinski definition) is 1. The van der Waals surface area contributed by atoms with Crippen LogP contribution >= 0.6 is 0 Å². The van der Waals surface area contributed by atoms with E-state index in [0.717, 1.165) is 18.5 Å². The summed E-state index contributed by atoms with van der Waals surface area (Å²) >= 11 is 0. The van der Waals surface area contributed by atoms with Crippen LogP contribution in [0.25, 0.3) is 0 Å². The van der Waals surface area contributed by atoms with Crippen molar-refractivity contribution in [3.05, 3.63) is 35.6 Å². The van der Waals surface area contributed by atoms with E-state index in [1.165, 1.54) is 12.1 Å². The summed E-state index contributed by atoms with van der Waals surface area (Å²) in [5.41, 5.74) is 1.11. The van der Waals surface area contributed by atoms with Gasteiger partial charge in [-0.15, -0.1) is 0 Å². The molecule has 0 amide bonds. The minimum absolute atomic E-state index is 0.0419. The summed E-state index contributed by atoms with van der Waals surface area (Å²) in [7, 11) is 0. The standard InChI is InChI=1S/C13H18FNO/c1-3-13(2)9-16-12(8-15-13)10-4-6-11(14)7-5-10/h4-7,12,15H,3,8-9H2,1-2H3. The van der Waals surface area contributed by atoms with Crippen LogP contribution in [0.3, 0.4) is 0 Å². The van der Waals surface area contributed by atoms with Crippen molar-refractivity contribution in [3.63, 3.8) is 0 Å². The van der Waals surface area contributed by atoms with Crippen LogP contribution in [0.2, 0.25) is 0 Å². The molecule has 2 nitrogen and oxygen atoms in total. The molecule has 1 heterocycles. The Balaban J connectivity index is 2.01. The Labute approximate surface area is 95.8 Å². The van der Waals surface area contributed by atoms with Crippen molar-refractivity contribution >= 4 is 0 Å². The van der Waals surface area contributed by atoms with E-state index in [0.29, 0.717) is 6.61 Å². The molecule has 0 radical (unpaired) electrons. The molecule has 2 unspecified atom stereocenters. The number of halogens is 1. The molecule has 16 heavy (non-hydrogen) atoms. The zero-order chi connectivity index (χ0) is 11.6. The van der Waals surface area contributed by atoms with Gasteiger partial charge in [0.2, 0.25) is 0 Å². The third-order valence-electron chi connectivity index (χ3n) is 3.34. The molecule has 2 rings (SSSR count). The number of benzene rings is 1. The fraction of sp³-hybridized carbons (Fsp3) is 0.538. The second kappa shape index (κ2) is 4.52. The van der Waals surface area contributed by atoms with E-state index in [4.69, 9.17) is 4.74 Å². The quantitative estimate of drug-likeness (QED) is 0.832. The largest absolute Gasteiger partial charge is 0.370 e. The molecule has 1 fully saturated rings. The first kappa shape index (κ1) is 11.6. The van der Waals surface area contributed by atoms with Gasteiger partial charge in [-0.05, 0) is 31.0 Å². The highest BCUT2D eigenvalue weighted by atomic mass is 19.1. The van der Waals surface area contributed by atoms with E-state index in [-0.39, 0.29) is 17.5 Å². The molecule has 0 aromatic heterocycles. The first-order valence-electron chi connectivity index (χ1n) is 5.75. The molecule has 88 valence electrons. The fourth-order valence-corrected chi connectivity index (χ4v) is 1.85. The maximum atomic E-state index is 12.8. The van der Waals surface area contributed by atoms with Crippen LogP contribution in [-0.4, -0.2) is 18.7 Å². The highest BCUT2D eigenvalue weighted by Crippen LogP contribution is 2.25. The predicted molar refractivity (Wildman–Crippen MR) is 61.8 cm³/mol. The minimum atomic E-state index is -0.203. The highest BCUT2D eigenvalue weighted by molar-refractivity contribution is 5.19. The second-order valence-corrected chi connectivity index (χ2v) is 4.65. The average Bonchev–Trinajstić information content (AvgIpc) is 2.32. The molecular formula is C13H18FNO. The lowest BCUT2D eigenvalue weighted by atomic mass is 9.96. The molecule has 1 aromatic carbocycles. The lowest BCUT2D eigenvalue weighted by Crippen LogP contribution is -2.52. The van der Waals surface area contributed by atoms with E-state index < -0.39 is 0 Å². The summed E-state index contributed by atoms with van der Waals surface area (Å²) in [6.45, 7) is 5.80. The molecule has 1 aliphatic rings. The predicted octanol–water partition coefficient (Wildman–Crippen LogP) is 2.66. The van der Waals surface area contributed by atoms with Crippen LogP contribution in [0.4, 0.5) is 4.39 Å². The van der Waals surface area contributed by atoms with Crippen LogP contribution < -0.4 is 5.32 Å². The van der Waals surface area contributed by atoms with Gasteiger partial charge in [0.25, 0.3) is 0 Å². The Morgan fingerprint density at radius 3 is 2.62 bits per heavy atom. The summed E-state index contributed by atoms with van der Waals surface area (Å²) in [6.07, 6.45) is 1.09. The van der Waals surface area contributed by atoms with Gasteiger partial charge in [-0.2, -0.15) is 0 Å². The van der Waals surface area contributed by atoms with Crippen LogP contribution in [-0.2, 0) is 4.74 Å². The normalized spacial score (nSPS) is 30.3. The number of ether oxygens (including phenoxy) is 1. The Bertz CT molecular complexity index is 341. The maximum Gasteiger partial charge on any atom is 0.123 e. The highest BCUT2D eigenvalue weighted by Gasteiger charge is 2.30. The Morgan fingerprint density at radius 1 is 1.44 bits per heavy atom. The van der Waals surface area contributed by atoms with Gasteiger partial charge in [0.05, 0.1) is 12.7 Å². The topological polar surface area (TPSA) is 21.3 Å². The SMILES string of the molecule is CCC1(C)COC(c2ccc(F)cc2)CN1. The zero-order valence-electron chi connectivity index (χ0n) is 9.79. The molecule has 1 saturated heterocycles. The molecule has 0 saturated carbocycles. The van der Waals surface area contributed by atoms with Gasteiger partial charge < -0.3 is 10.1 Å². The number of morpholine rings is 1. The molecule has 3 heteroatoms. The molecule has 2 atom stereocenters. The van der Waals surface area contributed by atoms with Crippen molar-refractivity contribution in [2.24, 2.45) is 0 Å². The van der Waals surface area contributed by atoms with Gasteiger partial charge in [-0.3, -0.25) is 0 Å². The van der Waals surface area contributed by atoms with Crippen LogP contribution in [0, 0.1) is 5.82 Å². The molecule has 0 aliphatic carbocycles. The molecule has 1 aromatic rings. The third-order valence-corrected chi connectivity index (χ3v) is 3.34. The van der Waals surface area contributed by atoms with Crippen LogP contribution in [0.15, 0.2) is 24.3 Å². The molecule has 0 spiro atoms. The Hall–Kier alpha value is -0.930. The number of hydrogen-bond acceptors (Lipinski definition) is 2. The van der Waals surface area contributed by atoms with Gasteiger partial charge in [0.15, 0.2) is 0 Å². The van der Waals surface area contributed by atoms with Gasteiger partial charge in [-0.1, -0.05) is 19.1 Å². The molecule has 1 N–H and O–H groups in total. The number of nitrogens with one attached hydrogen (secondary N) is 1. The maximum absolute atomic E-state index is 12.8. The first-order valence-corrected chi connectivity index (χ1v) is 5.75. The molecular weight excluding hydrogens is 205 g/mol. The Morgan fingerprint density at radius 2 is 2.12 bits per heavy atom. The summed E-state index contributed by atoms with van der Waals surface area (Å²) in [4.78, 5) is 0. The van der Waals surface area contributed by atoms with Crippen molar-refractivity contribution < 1.29 is 9.13 Å². The third kappa shape index (κ3) is 2.42. The number of rotatable bonds is 2.